The lowest BCUT2D eigenvalue weighted by Gasteiger charge is -2.11. The molecule has 0 bridgehead atoms. The van der Waals surface area contributed by atoms with Crippen molar-refractivity contribution in [2.45, 2.75) is 18.4 Å². The second-order valence-electron chi connectivity index (χ2n) is 2.53. The normalized spacial score (nSPS) is 29.2. The summed E-state index contributed by atoms with van der Waals surface area (Å²) in [6.07, 6.45) is -0.329. The van der Waals surface area contributed by atoms with Gasteiger partial charge in [-0.1, -0.05) is 0 Å². The minimum absolute atomic E-state index is 0.360. The third-order valence-corrected chi connectivity index (χ3v) is 1.75. The summed E-state index contributed by atoms with van der Waals surface area (Å²) >= 11 is 0. The Morgan fingerprint density at radius 3 is 2.45 bits per heavy atom. The lowest BCUT2D eigenvalue weighted by atomic mass is 10.2. The van der Waals surface area contributed by atoms with Crippen molar-refractivity contribution in [1.82, 2.24) is 4.90 Å². The zero-order chi connectivity index (χ0) is 8.65. The maximum atomic E-state index is 12.5. The molecule has 1 fully saturated rings. The molecule has 3 nitrogen and oxygen atoms in total. The molecule has 0 radical (unpaired) electrons. The van der Waals surface area contributed by atoms with Crippen LogP contribution in [0.25, 0.3) is 0 Å². The highest BCUT2D eigenvalue weighted by Gasteiger charge is 2.51. The maximum absolute atomic E-state index is 12.5. The zero-order valence-corrected chi connectivity index (χ0v) is 5.88. The quantitative estimate of drug-likeness (QED) is 0.512. The van der Waals surface area contributed by atoms with Gasteiger partial charge in [0.2, 0.25) is 0 Å². The van der Waals surface area contributed by atoms with E-state index in [0.29, 0.717) is 6.29 Å². The fraction of sp³-hybridized carbons (Fsp3) is 0.667. The number of carbonyl (C=O) groups is 2. The Kier molecular flexibility index (Phi) is 1.66. The summed E-state index contributed by atoms with van der Waals surface area (Å²) in [7, 11) is 1.20. The molecular weight excluding hydrogens is 156 g/mol. The molecule has 1 saturated heterocycles. The van der Waals surface area contributed by atoms with Crippen molar-refractivity contribution in [3.63, 3.8) is 0 Å². The minimum atomic E-state index is -3.35. The van der Waals surface area contributed by atoms with Gasteiger partial charge in [0.05, 0.1) is 6.04 Å². The molecule has 11 heavy (non-hydrogen) atoms. The Labute approximate surface area is 62.0 Å². The number of nitrogens with zero attached hydrogens (tertiary/aromatic N) is 1. The summed E-state index contributed by atoms with van der Waals surface area (Å²) in [6.45, 7) is 0. The molecule has 1 amide bonds. The maximum Gasteiger partial charge on any atom is 0.327 e. The second-order valence-corrected chi connectivity index (χ2v) is 2.53. The Hall–Kier alpha value is -1.00. The van der Waals surface area contributed by atoms with Gasteiger partial charge >= 0.3 is 5.92 Å². The number of hydrogen-bond donors (Lipinski definition) is 0. The zero-order valence-electron chi connectivity index (χ0n) is 5.88. The summed E-state index contributed by atoms with van der Waals surface area (Å²) in [6, 6.07) is -0.961. The average Bonchev–Trinajstić information content (AvgIpc) is 2.13. The van der Waals surface area contributed by atoms with Crippen LogP contribution in [-0.4, -0.2) is 36.1 Å². The van der Waals surface area contributed by atoms with Gasteiger partial charge < -0.3 is 9.69 Å². The van der Waals surface area contributed by atoms with Crippen molar-refractivity contribution in [2.75, 3.05) is 7.05 Å². The number of halogens is 2. The molecule has 0 aromatic heterocycles. The molecule has 0 aromatic carbocycles. The fourth-order valence-corrected chi connectivity index (χ4v) is 1.03. The van der Waals surface area contributed by atoms with Crippen LogP contribution >= 0.6 is 0 Å². The largest absolute Gasteiger partial charge is 0.331 e. The van der Waals surface area contributed by atoms with Crippen LogP contribution in [0.15, 0.2) is 0 Å². The summed E-state index contributed by atoms with van der Waals surface area (Å²) in [5.74, 6) is -4.62. The molecular formula is C6H7F2NO2. The number of alkyl halides is 2. The molecule has 1 atom stereocenters. The number of rotatable bonds is 1. The minimum Gasteiger partial charge on any atom is -0.331 e. The first-order valence-electron chi connectivity index (χ1n) is 3.09. The Bertz CT molecular complexity index is 205. The van der Waals surface area contributed by atoms with Crippen molar-refractivity contribution in [2.24, 2.45) is 0 Å². The van der Waals surface area contributed by atoms with Gasteiger partial charge in [0.15, 0.2) is 0 Å². The van der Waals surface area contributed by atoms with Gasteiger partial charge in [-0.2, -0.15) is 8.78 Å². The third-order valence-electron chi connectivity index (χ3n) is 1.75. The number of likely N-dealkylation sites (N-methyl/N-ethyl adjacent to an activating group) is 1. The molecule has 0 aromatic rings. The average molecular weight is 163 g/mol. The molecule has 5 heteroatoms. The molecule has 0 N–H and O–H groups in total. The van der Waals surface area contributed by atoms with Crippen molar-refractivity contribution in [1.29, 1.82) is 0 Å². The lowest BCUT2D eigenvalue weighted by molar-refractivity contribution is -0.147. The summed E-state index contributed by atoms with van der Waals surface area (Å²) in [5, 5.41) is 0. The van der Waals surface area contributed by atoms with Gasteiger partial charge in [-0.05, 0) is 0 Å². The molecule has 0 saturated carbocycles. The number of aldehydes is 1. The fourth-order valence-electron chi connectivity index (χ4n) is 1.03. The molecule has 1 aliphatic rings. The summed E-state index contributed by atoms with van der Waals surface area (Å²) in [4.78, 5) is 21.5. The van der Waals surface area contributed by atoms with E-state index in [2.05, 4.69) is 0 Å². The molecule has 62 valence electrons. The van der Waals surface area contributed by atoms with Gasteiger partial charge in [0.25, 0.3) is 5.91 Å². The van der Waals surface area contributed by atoms with E-state index in [1.165, 1.54) is 7.05 Å². The van der Waals surface area contributed by atoms with Crippen LogP contribution in [0.1, 0.15) is 6.42 Å². The highest BCUT2D eigenvalue weighted by atomic mass is 19.3. The number of carbonyl (C=O) groups excluding carboxylic acids is 2. The van der Waals surface area contributed by atoms with E-state index in [9.17, 15) is 18.4 Å². The molecule has 1 heterocycles. The van der Waals surface area contributed by atoms with Crippen molar-refractivity contribution >= 4 is 12.2 Å². The molecule has 1 rings (SSSR count). The third kappa shape index (κ3) is 1.10. The number of amides is 1. The number of likely N-dealkylation sites (tertiary alicyclic amines) is 1. The Balaban J connectivity index is 2.85. The van der Waals surface area contributed by atoms with Gasteiger partial charge in [-0.25, -0.2) is 0 Å². The summed E-state index contributed by atoms with van der Waals surface area (Å²) in [5.41, 5.74) is 0. The predicted molar refractivity (Wildman–Crippen MR) is 32.2 cm³/mol. The predicted octanol–water partition coefficient (Wildman–Crippen LogP) is 0.0513. The first kappa shape index (κ1) is 8.10. The van der Waals surface area contributed by atoms with E-state index in [4.69, 9.17) is 0 Å². The van der Waals surface area contributed by atoms with Crippen LogP contribution in [0.5, 0.6) is 0 Å². The summed E-state index contributed by atoms with van der Waals surface area (Å²) < 4.78 is 25.0. The molecule has 1 unspecified atom stereocenters. The second kappa shape index (κ2) is 2.25. The Morgan fingerprint density at radius 2 is 2.27 bits per heavy atom. The van der Waals surface area contributed by atoms with Gasteiger partial charge in [0, 0.05) is 13.5 Å². The smallest absolute Gasteiger partial charge is 0.327 e. The van der Waals surface area contributed by atoms with E-state index in [0.717, 1.165) is 4.90 Å². The first-order valence-corrected chi connectivity index (χ1v) is 3.09. The molecule has 1 aliphatic heterocycles. The van der Waals surface area contributed by atoms with Gasteiger partial charge in [-0.15, -0.1) is 0 Å². The van der Waals surface area contributed by atoms with Crippen molar-refractivity contribution in [3.8, 4) is 0 Å². The number of hydrogen-bond acceptors (Lipinski definition) is 2. The van der Waals surface area contributed by atoms with Crippen LogP contribution in [0, 0.1) is 0 Å². The highest BCUT2D eigenvalue weighted by molar-refractivity contribution is 5.89. The van der Waals surface area contributed by atoms with Crippen LogP contribution < -0.4 is 0 Å². The van der Waals surface area contributed by atoms with Gasteiger partial charge in [-0.3, -0.25) is 4.79 Å². The standard InChI is InChI=1S/C6H7F2NO2/c1-9-4(3-10)2-6(7,8)5(9)11/h3-4H,2H2,1H3. The highest BCUT2D eigenvalue weighted by Crippen LogP contribution is 2.31. The van der Waals surface area contributed by atoms with Crippen LogP contribution in [0.3, 0.4) is 0 Å². The SMILES string of the molecule is CN1C(=O)C(F)(F)CC1C=O. The first-order chi connectivity index (χ1) is 4.99. The van der Waals surface area contributed by atoms with E-state index < -0.39 is 24.3 Å². The van der Waals surface area contributed by atoms with Crippen LogP contribution in [0.4, 0.5) is 8.78 Å². The molecule has 0 aliphatic carbocycles. The van der Waals surface area contributed by atoms with Crippen molar-refractivity contribution in [3.05, 3.63) is 0 Å². The molecule has 0 spiro atoms. The van der Waals surface area contributed by atoms with Crippen LogP contribution in [0.2, 0.25) is 0 Å². The van der Waals surface area contributed by atoms with Gasteiger partial charge in [0.1, 0.15) is 6.29 Å². The monoisotopic (exact) mass is 163 g/mol. The van der Waals surface area contributed by atoms with E-state index in [1.807, 2.05) is 0 Å². The Morgan fingerprint density at radius 1 is 1.73 bits per heavy atom. The van der Waals surface area contributed by atoms with E-state index in [-0.39, 0.29) is 0 Å². The van der Waals surface area contributed by atoms with E-state index >= 15 is 0 Å². The van der Waals surface area contributed by atoms with Crippen LogP contribution in [-0.2, 0) is 9.59 Å². The van der Waals surface area contributed by atoms with E-state index in [1.54, 1.807) is 0 Å². The topological polar surface area (TPSA) is 37.4 Å². The van der Waals surface area contributed by atoms with Crippen molar-refractivity contribution < 1.29 is 18.4 Å². The lowest BCUT2D eigenvalue weighted by Crippen LogP contribution is -2.33.